The Bertz CT molecular complexity index is 820. The van der Waals surface area contributed by atoms with Crippen molar-refractivity contribution in [2.24, 2.45) is 0 Å². The number of para-hydroxylation sites is 1. The molecule has 0 radical (unpaired) electrons. The summed E-state index contributed by atoms with van der Waals surface area (Å²) in [6, 6.07) is 6.71. The van der Waals surface area contributed by atoms with E-state index in [2.05, 4.69) is 25.4 Å². The molecule has 8 heteroatoms. The lowest BCUT2D eigenvalue weighted by Gasteiger charge is -2.16. The van der Waals surface area contributed by atoms with Crippen molar-refractivity contribution in [1.29, 1.82) is 0 Å². The Morgan fingerprint density at radius 1 is 1.13 bits per heavy atom. The van der Waals surface area contributed by atoms with Crippen LogP contribution in [-0.2, 0) is 0 Å². The van der Waals surface area contributed by atoms with Gasteiger partial charge in [-0.05, 0) is 18.6 Å². The molecule has 2 heterocycles. The van der Waals surface area contributed by atoms with Crippen LogP contribution in [0.15, 0.2) is 28.8 Å². The van der Waals surface area contributed by atoms with Gasteiger partial charge in [-0.25, -0.2) is 18.7 Å². The third kappa shape index (κ3) is 3.10. The molecule has 1 atom stereocenters. The SMILES string of the molecule is CCC(Nc1nc(C(F)F)nc2ccccc12)c1noc(C)n1. The fourth-order valence-corrected chi connectivity index (χ4v) is 2.27. The van der Waals surface area contributed by atoms with E-state index in [1.54, 1.807) is 31.2 Å². The van der Waals surface area contributed by atoms with E-state index in [4.69, 9.17) is 4.52 Å². The first-order valence-electron chi connectivity index (χ1n) is 7.20. The molecule has 0 amide bonds. The van der Waals surface area contributed by atoms with Crippen LogP contribution in [0, 0.1) is 6.92 Å². The minimum absolute atomic E-state index is 0.295. The zero-order valence-corrected chi connectivity index (χ0v) is 12.6. The van der Waals surface area contributed by atoms with Crippen LogP contribution in [0.25, 0.3) is 10.9 Å². The van der Waals surface area contributed by atoms with E-state index in [9.17, 15) is 8.78 Å². The highest BCUT2D eigenvalue weighted by Gasteiger charge is 2.20. The van der Waals surface area contributed by atoms with Crippen LogP contribution < -0.4 is 5.32 Å². The van der Waals surface area contributed by atoms with E-state index in [0.717, 1.165) is 0 Å². The van der Waals surface area contributed by atoms with Gasteiger partial charge in [0.25, 0.3) is 6.43 Å². The summed E-state index contributed by atoms with van der Waals surface area (Å²) in [5, 5.41) is 7.67. The summed E-state index contributed by atoms with van der Waals surface area (Å²) in [6.45, 7) is 3.62. The lowest BCUT2D eigenvalue weighted by Crippen LogP contribution is -2.14. The van der Waals surface area contributed by atoms with Gasteiger partial charge in [-0.2, -0.15) is 4.98 Å². The molecule has 23 heavy (non-hydrogen) atoms. The van der Waals surface area contributed by atoms with Crippen molar-refractivity contribution in [2.75, 3.05) is 5.32 Å². The second-order valence-corrected chi connectivity index (χ2v) is 5.03. The fraction of sp³-hybridized carbons (Fsp3) is 0.333. The van der Waals surface area contributed by atoms with Crippen LogP contribution in [0.1, 0.15) is 43.4 Å². The zero-order chi connectivity index (χ0) is 16.4. The van der Waals surface area contributed by atoms with E-state index in [1.807, 2.05) is 6.92 Å². The van der Waals surface area contributed by atoms with Gasteiger partial charge in [0.2, 0.25) is 5.89 Å². The van der Waals surface area contributed by atoms with Crippen molar-refractivity contribution in [1.82, 2.24) is 20.1 Å². The number of alkyl halides is 2. The molecule has 0 bridgehead atoms. The summed E-state index contributed by atoms with van der Waals surface area (Å²) in [6.07, 6.45) is -2.10. The van der Waals surface area contributed by atoms with Crippen molar-refractivity contribution < 1.29 is 13.3 Å². The van der Waals surface area contributed by atoms with Crippen LogP contribution >= 0.6 is 0 Å². The standard InChI is InChI=1S/C15H15F2N5O/c1-3-10(14-18-8(2)23-22-14)19-13-9-6-4-5-7-11(9)20-15(21-13)12(16)17/h4-7,10,12H,3H2,1-2H3,(H,19,20,21). The molecule has 0 aliphatic carbocycles. The third-order valence-electron chi connectivity index (χ3n) is 3.39. The van der Waals surface area contributed by atoms with Crippen molar-refractivity contribution in [2.45, 2.75) is 32.7 Å². The molecule has 120 valence electrons. The minimum Gasteiger partial charge on any atom is -0.359 e. The van der Waals surface area contributed by atoms with Crippen molar-refractivity contribution in [3.05, 3.63) is 41.8 Å². The van der Waals surface area contributed by atoms with Crippen molar-refractivity contribution in [3.63, 3.8) is 0 Å². The molecule has 3 aromatic rings. The summed E-state index contributed by atoms with van der Waals surface area (Å²) in [5.74, 6) is 0.734. The maximum absolute atomic E-state index is 13.0. The molecule has 0 aliphatic rings. The molecule has 1 N–H and O–H groups in total. The number of rotatable bonds is 5. The Hall–Kier alpha value is -2.64. The molecule has 0 saturated carbocycles. The van der Waals surface area contributed by atoms with Crippen molar-refractivity contribution >= 4 is 16.7 Å². The smallest absolute Gasteiger partial charge is 0.297 e. The molecule has 1 aromatic carbocycles. The van der Waals surface area contributed by atoms with E-state index < -0.39 is 12.2 Å². The van der Waals surface area contributed by atoms with Gasteiger partial charge < -0.3 is 9.84 Å². The van der Waals surface area contributed by atoms with Crippen LogP contribution in [0.5, 0.6) is 0 Å². The number of nitrogens with one attached hydrogen (secondary N) is 1. The lowest BCUT2D eigenvalue weighted by molar-refractivity contribution is 0.141. The molecule has 0 saturated heterocycles. The van der Waals surface area contributed by atoms with Gasteiger partial charge in [0.1, 0.15) is 5.82 Å². The number of nitrogens with zero attached hydrogens (tertiary/aromatic N) is 4. The van der Waals surface area contributed by atoms with Gasteiger partial charge >= 0.3 is 0 Å². The minimum atomic E-state index is -2.74. The molecule has 1 unspecified atom stereocenters. The van der Waals surface area contributed by atoms with Gasteiger partial charge in [0, 0.05) is 12.3 Å². The first-order chi connectivity index (χ1) is 11.1. The number of anilines is 1. The van der Waals surface area contributed by atoms with Crippen LogP contribution in [0.3, 0.4) is 0 Å². The Labute approximate surface area is 131 Å². The Morgan fingerprint density at radius 3 is 2.57 bits per heavy atom. The average Bonchev–Trinajstić information content (AvgIpc) is 2.98. The van der Waals surface area contributed by atoms with Crippen molar-refractivity contribution in [3.8, 4) is 0 Å². The molecule has 0 aliphatic heterocycles. The van der Waals surface area contributed by atoms with Crippen LogP contribution in [0.4, 0.5) is 14.6 Å². The predicted octanol–water partition coefficient (Wildman–Crippen LogP) is 3.82. The van der Waals surface area contributed by atoms with Gasteiger partial charge in [0.05, 0.1) is 11.6 Å². The van der Waals surface area contributed by atoms with E-state index >= 15 is 0 Å². The highest BCUT2D eigenvalue weighted by molar-refractivity contribution is 5.89. The van der Waals surface area contributed by atoms with Gasteiger partial charge in [0.15, 0.2) is 11.6 Å². The summed E-state index contributed by atoms with van der Waals surface area (Å²) in [7, 11) is 0. The maximum Gasteiger partial charge on any atom is 0.297 e. The van der Waals surface area contributed by atoms with Crippen LogP contribution in [0.2, 0.25) is 0 Å². The summed E-state index contributed by atoms with van der Waals surface area (Å²) < 4.78 is 31.0. The van der Waals surface area contributed by atoms with Crippen LogP contribution in [-0.4, -0.2) is 20.1 Å². The number of benzene rings is 1. The lowest BCUT2D eigenvalue weighted by atomic mass is 10.2. The first-order valence-corrected chi connectivity index (χ1v) is 7.20. The topological polar surface area (TPSA) is 76.7 Å². The number of aryl methyl sites for hydroxylation is 1. The normalized spacial score (nSPS) is 12.7. The summed E-state index contributed by atoms with van der Waals surface area (Å²) in [4.78, 5) is 12.0. The Balaban J connectivity index is 2.03. The highest BCUT2D eigenvalue weighted by atomic mass is 19.3. The maximum atomic E-state index is 13.0. The Morgan fingerprint density at radius 2 is 1.91 bits per heavy atom. The summed E-state index contributed by atoms with van der Waals surface area (Å²) >= 11 is 0. The molecular weight excluding hydrogens is 304 g/mol. The fourth-order valence-electron chi connectivity index (χ4n) is 2.27. The molecule has 0 spiro atoms. The second kappa shape index (κ2) is 6.23. The third-order valence-corrected chi connectivity index (χ3v) is 3.39. The largest absolute Gasteiger partial charge is 0.359 e. The average molecular weight is 319 g/mol. The molecule has 6 nitrogen and oxygen atoms in total. The predicted molar refractivity (Wildman–Crippen MR) is 80.2 cm³/mol. The zero-order valence-electron chi connectivity index (χ0n) is 12.6. The molecule has 3 rings (SSSR count). The van der Waals surface area contributed by atoms with Gasteiger partial charge in [-0.15, -0.1) is 0 Å². The highest BCUT2D eigenvalue weighted by Crippen LogP contribution is 2.27. The Kier molecular flexibility index (Phi) is 4.14. The number of aromatic nitrogens is 4. The van der Waals surface area contributed by atoms with Gasteiger partial charge in [-0.3, -0.25) is 0 Å². The monoisotopic (exact) mass is 319 g/mol. The molecular formula is C15H15F2N5O. The molecule has 0 fully saturated rings. The van der Waals surface area contributed by atoms with E-state index in [1.165, 1.54) is 0 Å². The second-order valence-electron chi connectivity index (χ2n) is 5.03. The number of hydrogen-bond donors (Lipinski definition) is 1. The number of fused-ring (bicyclic) bond motifs is 1. The van der Waals surface area contributed by atoms with E-state index in [0.29, 0.717) is 34.9 Å². The quantitative estimate of drug-likeness (QED) is 0.770. The molecule has 2 aromatic heterocycles. The number of hydrogen-bond acceptors (Lipinski definition) is 6. The number of halogens is 2. The summed E-state index contributed by atoms with van der Waals surface area (Å²) in [5.41, 5.74) is 0.458. The first kappa shape index (κ1) is 15.3. The van der Waals surface area contributed by atoms with Gasteiger partial charge in [-0.1, -0.05) is 24.2 Å². The van der Waals surface area contributed by atoms with E-state index in [-0.39, 0.29) is 6.04 Å².